The van der Waals surface area contributed by atoms with Crippen LogP contribution in [-0.2, 0) is 7.05 Å². The van der Waals surface area contributed by atoms with Crippen LogP contribution in [0.1, 0.15) is 0 Å². The van der Waals surface area contributed by atoms with Crippen molar-refractivity contribution >= 4 is 34.8 Å². The number of hydrogen-bond donors (Lipinski definition) is 0. The van der Waals surface area contributed by atoms with Crippen LogP contribution in [0.4, 0.5) is 0 Å². The summed E-state index contributed by atoms with van der Waals surface area (Å²) in [6.45, 7) is 0. The van der Waals surface area contributed by atoms with Crippen LogP contribution in [0.25, 0.3) is 22.6 Å². The average molecular weight is 340 g/mol. The summed E-state index contributed by atoms with van der Waals surface area (Å²) in [6, 6.07) is 9.05. The van der Waals surface area contributed by atoms with E-state index in [1.165, 1.54) is 0 Å². The van der Waals surface area contributed by atoms with Crippen LogP contribution in [0.3, 0.4) is 0 Å². The first-order valence-corrected chi connectivity index (χ1v) is 7.17. The van der Waals surface area contributed by atoms with E-state index >= 15 is 0 Å². The van der Waals surface area contributed by atoms with Crippen molar-refractivity contribution in [2.24, 2.45) is 7.05 Å². The third kappa shape index (κ3) is 2.75. The Morgan fingerprint density at radius 3 is 2.19 bits per heavy atom. The molecule has 7 heteroatoms. The molecule has 21 heavy (non-hydrogen) atoms. The second-order valence-corrected chi connectivity index (χ2v) is 5.48. The van der Waals surface area contributed by atoms with Crippen LogP contribution in [0.2, 0.25) is 15.3 Å². The zero-order chi connectivity index (χ0) is 15.0. The molecule has 0 N–H and O–H groups in total. The summed E-state index contributed by atoms with van der Waals surface area (Å²) in [6.07, 6.45) is 1.79. The molecule has 0 aliphatic rings. The van der Waals surface area contributed by atoms with Gasteiger partial charge in [-0.15, -0.1) is 0 Å². The summed E-state index contributed by atoms with van der Waals surface area (Å²) in [5, 5.41) is 5.25. The number of benzene rings is 1. The summed E-state index contributed by atoms with van der Waals surface area (Å²) in [5.41, 5.74) is 1.82. The Labute approximate surface area is 136 Å². The molecule has 0 bridgehead atoms. The zero-order valence-electron chi connectivity index (χ0n) is 10.9. The van der Waals surface area contributed by atoms with Crippen LogP contribution in [-0.4, -0.2) is 19.7 Å². The maximum atomic E-state index is 6.27. The summed E-state index contributed by atoms with van der Waals surface area (Å²) >= 11 is 18.7. The van der Waals surface area contributed by atoms with Crippen molar-refractivity contribution in [1.82, 2.24) is 19.7 Å². The molecule has 3 rings (SSSR count). The molecule has 0 amide bonds. The Bertz CT molecular complexity index is 790. The van der Waals surface area contributed by atoms with Gasteiger partial charge in [0.25, 0.3) is 0 Å². The number of rotatable bonds is 2. The van der Waals surface area contributed by atoms with E-state index in [9.17, 15) is 0 Å². The maximum absolute atomic E-state index is 6.27. The van der Waals surface area contributed by atoms with Crippen molar-refractivity contribution in [2.45, 2.75) is 0 Å². The van der Waals surface area contributed by atoms with Crippen LogP contribution in [0, 0.1) is 0 Å². The maximum Gasteiger partial charge on any atom is 0.182 e. The van der Waals surface area contributed by atoms with Gasteiger partial charge in [0, 0.05) is 23.8 Å². The molecule has 4 nitrogen and oxygen atoms in total. The molecule has 0 spiro atoms. The number of aryl methyl sites for hydroxylation is 1. The van der Waals surface area contributed by atoms with Crippen LogP contribution < -0.4 is 0 Å². The van der Waals surface area contributed by atoms with E-state index in [4.69, 9.17) is 34.8 Å². The molecule has 0 saturated carbocycles. The number of aromatic nitrogens is 4. The smallest absolute Gasteiger partial charge is 0.182 e. The van der Waals surface area contributed by atoms with Crippen molar-refractivity contribution in [2.75, 3.05) is 0 Å². The van der Waals surface area contributed by atoms with Gasteiger partial charge in [0.2, 0.25) is 0 Å². The van der Waals surface area contributed by atoms with Crippen LogP contribution in [0.15, 0.2) is 36.5 Å². The van der Waals surface area contributed by atoms with Crippen molar-refractivity contribution in [3.05, 3.63) is 51.9 Å². The summed E-state index contributed by atoms with van der Waals surface area (Å²) < 4.78 is 1.66. The third-order valence-corrected chi connectivity index (χ3v) is 3.78. The van der Waals surface area contributed by atoms with E-state index in [0.29, 0.717) is 27.7 Å². The minimum atomic E-state index is 0.240. The Morgan fingerprint density at radius 2 is 1.62 bits per heavy atom. The van der Waals surface area contributed by atoms with E-state index in [1.54, 1.807) is 23.0 Å². The largest absolute Gasteiger partial charge is 0.275 e. The summed E-state index contributed by atoms with van der Waals surface area (Å²) in [4.78, 5) is 8.54. The first kappa shape index (κ1) is 14.3. The predicted octanol–water partition coefficient (Wildman–Crippen LogP) is 4.50. The summed E-state index contributed by atoms with van der Waals surface area (Å²) in [7, 11) is 1.81. The average Bonchev–Trinajstić information content (AvgIpc) is 2.87. The Morgan fingerprint density at radius 1 is 0.952 bits per heavy atom. The quantitative estimate of drug-likeness (QED) is 0.645. The lowest BCUT2D eigenvalue weighted by Crippen LogP contribution is -1.96. The van der Waals surface area contributed by atoms with Gasteiger partial charge in [0.15, 0.2) is 5.82 Å². The topological polar surface area (TPSA) is 43.6 Å². The fourth-order valence-electron chi connectivity index (χ4n) is 1.94. The van der Waals surface area contributed by atoms with Gasteiger partial charge in [-0.25, -0.2) is 9.97 Å². The van der Waals surface area contributed by atoms with Gasteiger partial charge in [-0.3, -0.25) is 4.68 Å². The normalized spacial score (nSPS) is 10.9. The van der Waals surface area contributed by atoms with Gasteiger partial charge in [-0.1, -0.05) is 53.0 Å². The highest BCUT2D eigenvalue weighted by molar-refractivity contribution is 6.40. The predicted molar refractivity (Wildman–Crippen MR) is 84.7 cm³/mol. The number of hydrogen-bond acceptors (Lipinski definition) is 3. The molecule has 0 unspecified atom stereocenters. The van der Waals surface area contributed by atoms with E-state index in [0.717, 1.165) is 0 Å². The minimum absolute atomic E-state index is 0.240. The molecule has 0 aliphatic heterocycles. The van der Waals surface area contributed by atoms with E-state index in [1.807, 2.05) is 25.2 Å². The lowest BCUT2D eigenvalue weighted by Gasteiger charge is -2.09. The van der Waals surface area contributed by atoms with Gasteiger partial charge in [0.05, 0.1) is 5.56 Å². The van der Waals surface area contributed by atoms with Crippen LogP contribution >= 0.6 is 34.8 Å². The van der Waals surface area contributed by atoms with Gasteiger partial charge < -0.3 is 0 Å². The zero-order valence-corrected chi connectivity index (χ0v) is 13.2. The SMILES string of the molecule is Cn1ccc(-c2nc(Cl)c(-c3ccccc3Cl)c(Cl)n2)n1. The molecular formula is C14H9Cl3N4. The fraction of sp³-hybridized carbons (Fsp3) is 0.0714. The Balaban J connectivity index is 2.15. The van der Waals surface area contributed by atoms with Crippen molar-refractivity contribution in [3.8, 4) is 22.6 Å². The van der Waals surface area contributed by atoms with Crippen molar-refractivity contribution in [1.29, 1.82) is 0 Å². The van der Waals surface area contributed by atoms with E-state index in [-0.39, 0.29) is 10.3 Å². The van der Waals surface area contributed by atoms with Gasteiger partial charge in [-0.05, 0) is 12.1 Å². The van der Waals surface area contributed by atoms with Gasteiger partial charge in [0.1, 0.15) is 16.0 Å². The molecule has 1 aromatic carbocycles. The molecule has 3 aromatic rings. The molecule has 0 radical (unpaired) electrons. The third-order valence-electron chi connectivity index (χ3n) is 2.91. The second kappa shape index (κ2) is 5.64. The summed E-state index contributed by atoms with van der Waals surface area (Å²) in [5.74, 6) is 0.376. The molecule has 0 atom stereocenters. The molecule has 2 heterocycles. The molecule has 0 saturated heterocycles. The number of halogens is 3. The highest BCUT2D eigenvalue weighted by Gasteiger charge is 2.17. The highest BCUT2D eigenvalue weighted by Crippen LogP contribution is 2.37. The Hall–Kier alpha value is -1.62. The Kier molecular flexibility index (Phi) is 3.85. The molecule has 106 valence electrons. The first-order chi connectivity index (χ1) is 10.1. The minimum Gasteiger partial charge on any atom is -0.275 e. The lowest BCUT2D eigenvalue weighted by atomic mass is 10.1. The van der Waals surface area contributed by atoms with Crippen LogP contribution in [0.5, 0.6) is 0 Å². The van der Waals surface area contributed by atoms with Gasteiger partial charge in [-0.2, -0.15) is 5.10 Å². The number of nitrogens with zero attached hydrogens (tertiary/aromatic N) is 4. The molecule has 0 fully saturated rings. The molecular weight excluding hydrogens is 331 g/mol. The first-order valence-electron chi connectivity index (χ1n) is 6.04. The van der Waals surface area contributed by atoms with E-state index < -0.39 is 0 Å². The standard InChI is InChI=1S/C14H9Cl3N4/c1-21-7-6-10(20-21)14-18-12(16)11(13(17)19-14)8-4-2-3-5-9(8)15/h2-7H,1H3. The lowest BCUT2D eigenvalue weighted by molar-refractivity contribution is 0.768. The van der Waals surface area contributed by atoms with Crippen molar-refractivity contribution in [3.63, 3.8) is 0 Å². The molecule has 2 aromatic heterocycles. The second-order valence-electron chi connectivity index (χ2n) is 4.36. The van der Waals surface area contributed by atoms with Gasteiger partial charge >= 0.3 is 0 Å². The van der Waals surface area contributed by atoms with Crippen molar-refractivity contribution < 1.29 is 0 Å². The monoisotopic (exact) mass is 338 g/mol. The molecule has 0 aliphatic carbocycles. The highest BCUT2D eigenvalue weighted by atomic mass is 35.5. The fourth-order valence-corrected chi connectivity index (χ4v) is 2.76. The van der Waals surface area contributed by atoms with E-state index in [2.05, 4.69) is 15.1 Å².